The summed E-state index contributed by atoms with van der Waals surface area (Å²) in [5.41, 5.74) is 2.80. The first-order chi connectivity index (χ1) is 14.6. The van der Waals surface area contributed by atoms with Crippen molar-refractivity contribution >= 4 is 80.8 Å². The number of carbonyl (C=O) groups excluding carboxylic acids is 2. The number of hydrogen-bond donors (Lipinski definition) is 0. The normalized spacial score (nSPS) is 20.5. The second-order valence-corrected chi connectivity index (χ2v) is 13.7. The summed E-state index contributed by atoms with van der Waals surface area (Å²) in [5, 5.41) is 4.45. The fourth-order valence-corrected chi connectivity index (χ4v) is 9.69. The minimum Gasteiger partial charge on any atom is -0.282 e. The van der Waals surface area contributed by atoms with Crippen LogP contribution in [-0.2, 0) is 22.4 Å². The van der Waals surface area contributed by atoms with Crippen LogP contribution in [0.25, 0.3) is 0 Å². The average molecular weight is 511 g/mol. The first-order valence-corrected chi connectivity index (χ1v) is 14.9. The topological polar surface area (TPSA) is 34.1 Å². The molecule has 0 saturated heterocycles. The summed E-state index contributed by atoms with van der Waals surface area (Å²) in [6.07, 6.45) is 4.78. The number of rotatable bonds is 10. The van der Waals surface area contributed by atoms with Gasteiger partial charge in [-0.3, -0.25) is 9.59 Å². The Kier molecular flexibility index (Phi) is 10.2. The van der Waals surface area contributed by atoms with Crippen LogP contribution < -0.4 is 0 Å². The van der Waals surface area contributed by atoms with Crippen molar-refractivity contribution in [3.8, 4) is 0 Å². The van der Waals surface area contributed by atoms with Gasteiger partial charge in [0.05, 0.1) is 9.16 Å². The van der Waals surface area contributed by atoms with E-state index in [1.165, 1.54) is 56.6 Å². The maximum atomic E-state index is 11.4. The zero-order chi connectivity index (χ0) is 21.3. The van der Waals surface area contributed by atoms with Gasteiger partial charge in [0.1, 0.15) is 0 Å². The van der Waals surface area contributed by atoms with Crippen LogP contribution in [0.1, 0.15) is 11.1 Å². The molecule has 0 N–H and O–H groups in total. The molecule has 0 radical (unpaired) electrons. The van der Waals surface area contributed by atoms with Crippen LogP contribution in [0.15, 0.2) is 70.2 Å². The summed E-state index contributed by atoms with van der Waals surface area (Å²) in [7, 11) is 0. The Bertz CT molecular complexity index is 805. The SMILES string of the molecule is C=CC(=O)SCC1=CSC(Cc2ccccc2CC2SC=C(CSC(=O)C=C)S2)S1. The molecular formula is C22H22O2S6. The zero-order valence-electron chi connectivity index (χ0n) is 16.3. The van der Waals surface area contributed by atoms with Crippen LogP contribution in [0, 0.1) is 0 Å². The molecule has 1 aromatic rings. The van der Waals surface area contributed by atoms with E-state index in [4.69, 9.17) is 0 Å². The maximum absolute atomic E-state index is 11.4. The van der Waals surface area contributed by atoms with E-state index in [1.807, 2.05) is 47.0 Å². The van der Waals surface area contributed by atoms with Crippen LogP contribution in [0.2, 0.25) is 0 Å². The molecule has 0 fully saturated rings. The summed E-state index contributed by atoms with van der Waals surface area (Å²) in [6, 6.07) is 8.71. The highest BCUT2D eigenvalue weighted by Gasteiger charge is 2.23. The summed E-state index contributed by atoms with van der Waals surface area (Å²) in [6.45, 7) is 7.05. The Balaban J connectivity index is 1.49. The fraction of sp³-hybridized carbons (Fsp3) is 0.273. The lowest BCUT2D eigenvalue weighted by Gasteiger charge is -2.16. The second-order valence-electron chi connectivity index (χ2n) is 6.34. The van der Waals surface area contributed by atoms with Crippen LogP contribution in [0.3, 0.4) is 0 Å². The molecule has 0 saturated carbocycles. The first kappa shape index (κ1) is 24.3. The molecule has 3 rings (SSSR count). The minimum atomic E-state index is 0.0297. The van der Waals surface area contributed by atoms with Crippen molar-refractivity contribution in [3.05, 3.63) is 81.3 Å². The molecule has 8 heteroatoms. The Morgan fingerprint density at radius 3 is 1.67 bits per heavy atom. The van der Waals surface area contributed by atoms with Gasteiger partial charge in [0.15, 0.2) is 0 Å². The largest absolute Gasteiger partial charge is 0.282 e. The molecule has 158 valence electrons. The minimum absolute atomic E-state index is 0.0297. The number of benzene rings is 1. The average Bonchev–Trinajstić information content (AvgIpc) is 3.41. The van der Waals surface area contributed by atoms with E-state index in [1.54, 1.807) is 0 Å². The Morgan fingerprint density at radius 2 is 1.27 bits per heavy atom. The molecule has 0 spiro atoms. The van der Waals surface area contributed by atoms with Crippen molar-refractivity contribution in [2.75, 3.05) is 11.5 Å². The van der Waals surface area contributed by atoms with Gasteiger partial charge in [0.25, 0.3) is 0 Å². The second kappa shape index (κ2) is 12.6. The maximum Gasteiger partial charge on any atom is 0.211 e. The van der Waals surface area contributed by atoms with E-state index in [0.29, 0.717) is 9.16 Å². The quantitative estimate of drug-likeness (QED) is 0.313. The van der Waals surface area contributed by atoms with E-state index in [9.17, 15) is 9.59 Å². The molecule has 1 aromatic carbocycles. The number of carbonyl (C=O) groups is 2. The molecule has 2 nitrogen and oxygen atoms in total. The molecule has 2 aliphatic rings. The van der Waals surface area contributed by atoms with Crippen molar-refractivity contribution < 1.29 is 9.59 Å². The van der Waals surface area contributed by atoms with Gasteiger partial charge in [-0.15, -0.1) is 47.0 Å². The van der Waals surface area contributed by atoms with E-state index in [-0.39, 0.29) is 10.2 Å². The van der Waals surface area contributed by atoms with E-state index >= 15 is 0 Å². The van der Waals surface area contributed by atoms with Crippen LogP contribution in [0.5, 0.6) is 0 Å². The smallest absolute Gasteiger partial charge is 0.211 e. The Hall–Kier alpha value is -0.380. The van der Waals surface area contributed by atoms with Crippen LogP contribution >= 0.6 is 70.6 Å². The Labute approximate surface area is 204 Å². The molecule has 2 atom stereocenters. The van der Waals surface area contributed by atoms with Crippen molar-refractivity contribution in [2.24, 2.45) is 0 Å². The monoisotopic (exact) mass is 510 g/mol. The van der Waals surface area contributed by atoms with Gasteiger partial charge < -0.3 is 0 Å². The molecule has 0 amide bonds. The van der Waals surface area contributed by atoms with E-state index < -0.39 is 0 Å². The highest BCUT2D eigenvalue weighted by Crippen LogP contribution is 2.45. The van der Waals surface area contributed by atoms with Crippen molar-refractivity contribution in [1.82, 2.24) is 0 Å². The molecule has 2 unspecified atom stereocenters. The third-order valence-corrected chi connectivity index (χ3v) is 11.7. The highest BCUT2D eigenvalue weighted by atomic mass is 32.2. The summed E-state index contributed by atoms with van der Waals surface area (Å²) < 4.78 is 0.916. The van der Waals surface area contributed by atoms with Crippen LogP contribution in [0.4, 0.5) is 0 Å². The summed E-state index contributed by atoms with van der Waals surface area (Å²) in [5.74, 6) is 1.47. The van der Waals surface area contributed by atoms with Gasteiger partial charge >= 0.3 is 0 Å². The van der Waals surface area contributed by atoms with Gasteiger partial charge in [-0.25, -0.2) is 0 Å². The third-order valence-electron chi connectivity index (χ3n) is 4.21. The van der Waals surface area contributed by atoms with Gasteiger partial charge in [-0.2, -0.15) is 0 Å². The highest BCUT2D eigenvalue weighted by molar-refractivity contribution is 8.24. The molecular weight excluding hydrogens is 489 g/mol. The van der Waals surface area contributed by atoms with Crippen molar-refractivity contribution in [3.63, 3.8) is 0 Å². The lowest BCUT2D eigenvalue weighted by molar-refractivity contribution is -0.107. The number of thioether (sulfide) groups is 6. The van der Waals surface area contributed by atoms with Gasteiger partial charge in [-0.1, -0.05) is 60.9 Å². The molecule has 2 aliphatic heterocycles. The summed E-state index contributed by atoms with van der Waals surface area (Å²) >= 11 is 10.1. The number of hydrogen-bond acceptors (Lipinski definition) is 8. The van der Waals surface area contributed by atoms with Gasteiger partial charge in [0.2, 0.25) is 10.2 Å². The predicted octanol–water partition coefficient (Wildman–Crippen LogP) is 6.96. The molecule has 0 aromatic heterocycles. The predicted molar refractivity (Wildman–Crippen MR) is 143 cm³/mol. The van der Waals surface area contributed by atoms with Gasteiger partial charge in [0, 0.05) is 21.3 Å². The molecule has 0 bridgehead atoms. The van der Waals surface area contributed by atoms with Gasteiger partial charge in [-0.05, 0) is 46.9 Å². The van der Waals surface area contributed by atoms with E-state index in [0.717, 1.165) is 24.3 Å². The lowest BCUT2D eigenvalue weighted by Crippen LogP contribution is -2.06. The summed E-state index contributed by atoms with van der Waals surface area (Å²) in [4.78, 5) is 25.4. The fourth-order valence-electron chi connectivity index (χ4n) is 2.79. The lowest BCUT2D eigenvalue weighted by atomic mass is 10.0. The molecule has 2 heterocycles. The van der Waals surface area contributed by atoms with Crippen LogP contribution in [-0.4, -0.2) is 30.9 Å². The standard InChI is InChI=1S/C22H22O2S6/c1-3-19(23)25-11-17-13-27-21(29-17)9-15-7-5-6-8-16(15)10-22-28-14-18(30-22)12-26-20(24)4-2/h3-8,13-14,21-22H,1-2,9-12H2. The zero-order valence-corrected chi connectivity index (χ0v) is 21.2. The molecule has 0 aliphatic carbocycles. The van der Waals surface area contributed by atoms with Crippen molar-refractivity contribution in [2.45, 2.75) is 22.0 Å². The molecule has 30 heavy (non-hydrogen) atoms. The third kappa shape index (κ3) is 7.64. The first-order valence-electron chi connectivity index (χ1n) is 9.25. The Morgan fingerprint density at radius 1 is 0.833 bits per heavy atom. The van der Waals surface area contributed by atoms with Crippen molar-refractivity contribution in [1.29, 1.82) is 0 Å². The van der Waals surface area contributed by atoms with E-state index in [2.05, 4.69) is 48.2 Å².